The lowest BCUT2D eigenvalue weighted by atomic mass is 9.83. The largest absolute Gasteiger partial charge is 0.493 e. The van der Waals surface area contributed by atoms with Gasteiger partial charge in [0.1, 0.15) is 0 Å². The van der Waals surface area contributed by atoms with Gasteiger partial charge in [-0.25, -0.2) is 0 Å². The normalized spacial score (nSPS) is 22.1. The molecule has 0 saturated heterocycles. The van der Waals surface area contributed by atoms with Crippen molar-refractivity contribution in [3.05, 3.63) is 22.7 Å². The van der Waals surface area contributed by atoms with E-state index in [1.807, 2.05) is 12.1 Å². The van der Waals surface area contributed by atoms with Gasteiger partial charge >= 0.3 is 0 Å². The number of rotatable bonds is 6. The van der Waals surface area contributed by atoms with Crippen LogP contribution in [0.2, 0.25) is 5.02 Å². The first kappa shape index (κ1) is 16.4. The number of ether oxygens (including phenoxy) is 2. The van der Waals surface area contributed by atoms with Crippen LogP contribution in [0.3, 0.4) is 0 Å². The molecule has 0 unspecified atom stereocenters. The molecule has 0 radical (unpaired) electrons. The van der Waals surface area contributed by atoms with E-state index in [0.29, 0.717) is 16.5 Å². The fourth-order valence-corrected chi connectivity index (χ4v) is 3.34. The number of halogens is 1. The van der Waals surface area contributed by atoms with Crippen LogP contribution in [0.25, 0.3) is 0 Å². The van der Waals surface area contributed by atoms with Gasteiger partial charge in [0.2, 0.25) is 0 Å². The van der Waals surface area contributed by atoms with E-state index in [1.54, 1.807) is 14.2 Å². The molecule has 0 amide bonds. The van der Waals surface area contributed by atoms with Gasteiger partial charge in [-0.05, 0) is 48.9 Å². The topological polar surface area (TPSA) is 30.5 Å². The van der Waals surface area contributed by atoms with Crippen molar-refractivity contribution in [2.45, 2.75) is 39.2 Å². The molecule has 1 N–H and O–H groups in total. The highest BCUT2D eigenvalue weighted by Crippen LogP contribution is 2.36. The molecule has 0 atom stereocenters. The molecular weight excluding hydrogens is 286 g/mol. The van der Waals surface area contributed by atoms with Crippen molar-refractivity contribution < 1.29 is 9.47 Å². The van der Waals surface area contributed by atoms with E-state index in [4.69, 9.17) is 21.1 Å². The van der Waals surface area contributed by atoms with Crippen LogP contribution in [0.1, 0.15) is 38.2 Å². The number of hydrogen-bond donors (Lipinski definition) is 1. The first-order chi connectivity index (χ1) is 10.1. The summed E-state index contributed by atoms with van der Waals surface area (Å²) in [5.74, 6) is 3.01. The average Bonchev–Trinajstić information content (AvgIpc) is 2.48. The Labute approximate surface area is 133 Å². The zero-order valence-electron chi connectivity index (χ0n) is 13.2. The molecule has 1 aromatic rings. The minimum atomic E-state index is 0.597. The van der Waals surface area contributed by atoms with Crippen LogP contribution in [0.5, 0.6) is 11.5 Å². The van der Waals surface area contributed by atoms with Crippen molar-refractivity contribution in [3.63, 3.8) is 0 Å². The van der Waals surface area contributed by atoms with E-state index in [9.17, 15) is 0 Å². The third-order valence-electron chi connectivity index (χ3n) is 4.39. The molecule has 1 aromatic carbocycles. The quantitative estimate of drug-likeness (QED) is 0.851. The van der Waals surface area contributed by atoms with E-state index in [1.165, 1.54) is 25.7 Å². The number of benzene rings is 1. The molecule has 0 heterocycles. The highest BCUT2D eigenvalue weighted by molar-refractivity contribution is 6.32. The lowest BCUT2D eigenvalue weighted by Crippen LogP contribution is -2.25. The molecule has 3 nitrogen and oxygen atoms in total. The summed E-state index contributed by atoms with van der Waals surface area (Å²) >= 11 is 6.22. The van der Waals surface area contributed by atoms with E-state index in [0.717, 1.165) is 30.5 Å². The molecule has 1 saturated carbocycles. The zero-order chi connectivity index (χ0) is 15.2. The Kier molecular flexibility index (Phi) is 6.19. The van der Waals surface area contributed by atoms with E-state index in [2.05, 4.69) is 12.2 Å². The van der Waals surface area contributed by atoms with Gasteiger partial charge in [0, 0.05) is 6.54 Å². The minimum absolute atomic E-state index is 0.597. The highest BCUT2D eigenvalue weighted by Gasteiger charge is 2.17. The van der Waals surface area contributed by atoms with Crippen LogP contribution in [-0.2, 0) is 6.54 Å². The summed E-state index contributed by atoms with van der Waals surface area (Å²) in [4.78, 5) is 0. The Hall–Kier alpha value is -0.930. The van der Waals surface area contributed by atoms with Crippen molar-refractivity contribution >= 4 is 11.6 Å². The number of hydrogen-bond acceptors (Lipinski definition) is 3. The summed E-state index contributed by atoms with van der Waals surface area (Å²) in [5, 5.41) is 4.14. The molecule has 4 heteroatoms. The second kappa shape index (κ2) is 7.90. The maximum absolute atomic E-state index is 6.22. The maximum atomic E-state index is 6.22. The van der Waals surface area contributed by atoms with Crippen molar-refractivity contribution in [2.75, 3.05) is 20.8 Å². The Morgan fingerprint density at radius 2 is 1.86 bits per heavy atom. The summed E-state index contributed by atoms with van der Waals surface area (Å²) in [7, 11) is 3.24. The van der Waals surface area contributed by atoms with Gasteiger partial charge in [-0.3, -0.25) is 0 Å². The first-order valence-corrected chi connectivity index (χ1v) is 8.13. The lowest BCUT2D eigenvalue weighted by Gasteiger charge is -2.26. The first-order valence-electron chi connectivity index (χ1n) is 7.75. The molecule has 0 bridgehead atoms. The smallest absolute Gasteiger partial charge is 0.179 e. The fraction of sp³-hybridized carbons (Fsp3) is 0.647. The minimum Gasteiger partial charge on any atom is -0.493 e. The number of methoxy groups -OCH3 is 2. The lowest BCUT2D eigenvalue weighted by molar-refractivity contribution is 0.281. The Morgan fingerprint density at radius 1 is 1.14 bits per heavy atom. The predicted molar refractivity (Wildman–Crippen MR) is 87.4 cm³/mol. The second-order valence-electron chi connectivity index (χ2n) is 6.07. The van der Waals surface area contributed by atoms with Crippen LogP contribution in [0.15, 0.2) is 12.1 Å². The van der Waals surface area contributed by atoms with Crippen molar-refractivity contribution in [1.82, 2.24) is 5.32 Å². The number of nitrogens with one attached hydrogen (secondary N) is 1. The summed E-state index contributed by atoms with van der Waals surface area (Å²) in [6.45, 7) is 4.25. The van der Waals surface area contributed by atoms with E-state index < -0.39 is 0 Å². The predicted octanol–water partition coefficient (Wildman–Crippen LogP) is 4.27. The van der Waals surface area contributed by atoms with E-state index >= 15 is 0 Å². The molecule has 21 heavy (non-hydrogen) atoms. The van der Waals surface area contributed by atoms with E-state index in [-0.39, 0.29) is 0 Å². The monoisotopic (exact) mass is 311 g/mol. The van der Waals surface area contributed by atoms with Gasteiger partial charge in [-0.2, -0.15) is 0 Å². The fourth-order valence-electron chi connectivity index (χ4n) is 3.03. The van der Waals surface area contributed by atoms with Crippen LogP contribution < -0.4 is 14.8 Å². The SMILES string of the molecule is COc1cc(CNCC2CCC(C)CC2)cc(Cl)c1OC. The second-order valence-corrected chi connectivity index (χ2v) is 6.48. The molecule has 1 aliphatic carbocycles. The van der Waals surface area contributed by atoms with Crippen LogP contribution >= 0.6 is 11.6 Å². The third-order valence-corrected chi connectivity index (χ3v) is 4.67. The molecule has 118 valence electrons. The molecule has 2 rings (SSSR count). The molecular formula is C17H26ClNO2. The van der Waals surface area contributed by atoms with Crippen molar-refractivity contribution in [3.8, 4) is 11.5 Å². The van der Waals surface area contributed by atoms with Crippen molar-refractivity contribution in [1.29, 1.82) is 0 Å². The molecule has 0 aliphatic heterocycles. The average molecular weight is 312 g/mol. The van der Waals surface area contributed by atoms with Gasteiger partial charge in [0.25, 0.3) is 0 Å². The van der Waals surface area contributed by atoms with Gasteiger partial charge in [0.05, 0.1) is 19.2 Å². The molecule has 1 aliphatic rings. The molecule has 0 aromatic heterocycles. The summed E-state index contributed by atoms with van der Waals surface area (Å²) < 4.78 is 10.6. The molecule has 1 fully saturated rings. The van der Waals surface area contributed by atoms with Gasteiger partial charge in [-0.15, -0.1) is 0 Å². The van der Waals surface area contributed by atoms with Gasteiger partial charge < -0.3 is 14.8 Å². The third kappa shape index (κ3) is 4.52. The Morgan fingerprint density at radius 3 is 2.48 bits per heavy atom. The van der Waals surface area contributed by atoms with Gasteiger partial charge in [-0.1, -0.05) is 31.4 Å². The molecule has 0 spiro atoms. The van der Waals surface area contributed by atoms with Crippen LogP contribution in [0, 0.1) is 11.8 Å². The van der Waals surface area contributed by atoms with Gasteiger partial charge in [0.15, 0.2) is 11.5 Å². The van der Waals surface area contributed by atoms with Crippen LogP contribution in [-0.4, -0.2) is 20.8 Å². The highest BCUT2D eigenvalue weighted by atomic mass is 35.5. The van der Waals surface area contributed by atoms with Crippen LogP contribution in [0.4, 0.5) is 0 Å². The summed E-state index contributed by atoms with van der Waals surface area (Å²) in [6.07, 6.45) is 5.44. The Balaban J connectivity index is 1.87. The maximum Gasteiger partial charge on any atom is 0.179 e. The summed E-state index contributed by atoms with van der Waals surface area (Å²) in [6, 6.07) is 3.93. The van der Waals surface area contributed by atoms with Crippen molar-refractivity contribution in [2.24, 2.45) is 11.8 Å². The Bertz CT molecular complexity index is 456. The summed E-state index contributed by atoms with van der Waals surface area (Å²) in [5.41, 5.74) is 1.13. The standard InChI is InChI=1S/C17H26ClNO2/c1-12-4-6-13(7-5-12)10-19-11-14-8-15(18)17(21-3)16(9-14)20-2/h8-9,12-13,19H,4-7,10-11H2,1-3H3. The zero-order valence-corrected chi connectivity index (χ0v) is 14.0.